The molecule has 1 amide bonds. The Morgan fingerprint density at radius 1 is 1.00 bits per heavy atom. The van der Waals surface area contributed by atoms with Crippen molar-refractivity contribution in [2.24, 2.45) is 0 Å². The van der Waals surface area contributed by atoms with Gasteiger partial charge in [-0.05, 0) is 49.7 Å². The predicted octanol–water partition coefficient (Wildman–Crippen LogP) is 3.46. The van der Waals surface area contributed by atoms with E-state index in [0.29, 0.717) is 0 Å². The third-order valence-electron chi connectivity index (χ3n) is 5.25. The van der Waals surface area contributed by atoms with Gasteiger partial charge in [0.15, 0.2) is 6.61 Å². The molecule has 28 heavy (non-hydrogen) atoms. The average molecular weight is 382 g/mol. The molecule has 5 nitrogen and oxygen atoms in total. The summed E-state index contributed by atoms with van der Waals surface area (Å²) in [6.07, 6.45) is 0. The highest BCUT2D eigenvalue weighted by molar-refractivity contribution is 5.91. The number of carbonyl (C=O) groups is 1. The monoisotopic (exact) mass is 381 g/mol. The molecule has 2 aromatic carbocycles. The summed E-state index contributed by atoms with van der Waals surface area (Å²) in [6.45, 7) is 12.9. The average Bonchev–Trinajstić information content (AvgIpc) is 2.69. The lowest BCUT2D eigenvalue weighted by Crippen LogP contribution is -2.45. The van der Waals surface area contributed by atoms with Gasteiger partial charge in [-0.2, -0.15) is 0 Å². The van der Waals surface area contributed by atoms with Crippen molar-refractivity contribution in [3.05, 3.63) is 59.2 Å². The van der Waals surface area contributed by atoms with Crippen molar-refractivity contribution in [2.45, 2.75) is 27.3 Å². The predicted molar refractivity (Wildman–Crippen MR) is 114 cm³/mol. The second kappa shape index (κ2) is 9.71. The van der Waals surface area contributed by atoms with Crippen molar-refractivity contribution in [3.63, 3.8) is 0 Å². The number of nitrogens with zero attached hydrogens (tertiary/aromatic N) is 2. The van der Waals surface area contributed by atoms with Gasteiger partial charge in [0, 0.05) is 38.4 Å². The molecule has 1 aliphatic rings. The molecule has 1 N–H and O–H groups in total. The van der Waals surface area contributed by atoms with Crippen LogP contribution < -0.4 is 10.1 Å². The van der Waals surface area contributed by atoms with Crippen molar-refractivity contribution >= 4 is 11.6 Å². The maximum Gasteiger partial charge on any atom is 0.262 e. The maximum absolute atomic E-state index is 12.2. The topological polar surface area (TPSA) is 44.8 Å². The van der Waals surface area contributed by atoms with E-state index in [9.17, 15) is 4.79 Å². The third-order valence-corrected chi connectivity index (χ3v) is 5.25. The zero-order chi connectivity index (χ0) is 19.9. The van der Waals surface area contributed by atoms with Crippen LogP contribution in [0.15, 0.2) is 42.5 Å². The first kappa shape index (κ1) is 20.4. The van der Waals surface area contributed by atoms with Gasteiger partial charge in [-0.15, -0.1) is 0 Å². The molecule has 1 saturated heterocycles. The zero-order valence-corrected chi connectivity index (χ0v) is 17.2. The number of ether oxygens (including phenoxy) is 1. The molecular formula is C23H31N3O2. The van der Waals surface area contributed by atoms with Crippen LogP contribution in [-0.2, 0) is 11.3 Å². The molecule has 0 aliphatic carbocycles. The number of hydrogen-bond donors (Lipinski definition) is 1. The van der Waals surface area contributed by atoms with Crippen molar-refractivity contribution < 1.29 is 9.53 Å². The Bertz CT molecular complexity index is 781. The molecule has 1 heterocycles. The molecule has 5 heteroatoms. The van der Waals surface area contributed by atoms with Gasteiger partial charge in [-0.25, -0.2) is 0 Å². The molecule has 0 radical (unpaired) electrons. The number of benzene rings is 2. The van der Waals surface area contributed by atoms with Crippen LogP contribution in [-0.4, -0.2) is 55.0 Å². The van der Waals surface area contributed by atoms with Crippen LogP contribution in [0.4, 0.5) is 5.69 Å². The van der Waals surface area contributed by atoms with Crippen LogP contribution in [0.25, 0.3) is 0 Å². The van der Waals surface area contributed by atoms with Crippen LogP contribution in [0.2, 0.25) is 0 Å². The van der Waals surface area contributed by atoms with E-state index in [0.717, 1.165) is 56.3 Å². The number of aryl methyl sites for hydroxylation is 2. The van der Waals surface area contributed by atoms with E-state index in [2.05, 4.69) is 34.2 Å². The van der Waals surface area contributed by atoms with E-state index < -0.39 is 0 Å². The lowest BCUT2D eigenvalue weighted by atomic mass is 10.1. The Hall–Kier alpha value is -2.37. The van der Waals surface area contributed by atoms with Crippen LogP contribution in [0.3, 0.4) is 0 Å². The van der Waals surface area contributed by atoms with Crippen LogP contribution in [0.1, 0.15) is 23.6 Å². The van der Waals surface area contributed by atoms with Crippen LogP contribution in [0, 0.1) is 13.8 Å². The number of nitrogens with one attached hydrogen (secondary N) is 1. The molecule has 0 saturated carbocycles. The van der Waals surface area contributed by atoms with E-state index in [1.54, 1.807) is 0 Å². The second-order valence-electron chi connectivity index (χ2n) is 7.51. The van der Waals surface area contributed by atoms with E-state index >= 15 is 0 Å². The van der Waals surface area contributed by atoms with E-state index in [-0.39, 0.29) is 12.5 Å². The van der Waals surface area contributed by atoms with Crippen molar-refractivity contribution in [2.75, 3.05) is 44.6 Å². The number of hydrogen-bond acceptors (Lipinski definition) is 4. The first-order valence-electron chi connectivity index (χ1n) is 10.1. The SMILES string of the molecule is CCN1CCN(Cc2ccc(NC(=O)COc3ccc(C)cc3C)cc2)CC1. The molecule has 3 rings (SSSR count). The van der Waals surface area contributed by atoms with Crippen molar-refractivity contribution in [1.82, 2.24) is 9.80 Å². The number of rotatable bonds is 7. The minimum absolute atomic E-state index is 0.00730. The van der Waals surface area contributed by atoms with Gasteiger partial charge in [0.2, 0.25) is 0 Å². The number of anilines is 1. The summed E-state index contributed by atoms with van der Waals surface area (Å²) < 4.78 is 5.65. The molecule has 0 aromatic heterocycles. The number of likely N-dealkylation sites (N-methyl/N-ethyl adjacent to an activating group) is 1. The Labute approximate surface area is 168 Å². The molecule has 0 unspecified atom stereocenters. The highest BCUT2D eigenvalue weighted by Gasteiger charge is 2.15. The van der Waals surface area contributed by atoms with Gasteiger partial charge in [-0.3, -0.25) is 9.69 Å². The standard InChI is InChI=1S/C23H31N3O2/c1-4-25-11-13-26(14-12-25)16-20-6-8-21(9-7-20)24-23(27)17-28-22-10-5-18(2)15-19(22)3/h5-10,15H,4,11-14,16-17H2,1-3H3,(H,24,27). The quantitative estimate of drug-likeness (QED) is 0.798. The highest BCUT2D eigenvalue weighted by Crippen LogP contribution is 2.19. The highest BCUT2D eigenvalue weighted by atomic mass is 16.5. The summed E-state index contributed by atoms with van der Waals surface area (Å²) in [4.78, 5) is 17.1. The zero-order valence-electron chi connectivity index (χ0n) is 17.2. The molecule has 2 aromatic rings. The molecular weight excluding hydrogens is 350 g/mol. The number of piperazine rings is 1. The van der Waals surface area contributed by atoms with Gasteiger partial charge >= 0.3 is 0 Å². The molecule has 0 bridgehead atoms. The van der Waals surface area contributed by atoms with Crippen molar-refractivity contribution in [3.8, 4) is 5.75 Å². The van der Waals surface area contributed by atoms with Gasteiger partial charge in [0.25, 0.3) is 5.91 Å². The molecule has 0 atom stereocenters. The van der Waals surface area contributed by atoms with Crippen molar-refractivity contribution in [1.29, 1.82) is 0 Å². The minimum Gasteiger partial charge on any atom is -0.483 e. The normalized spacial score (nSPS) is 15.4. The largest absolute Gasteiger partial charge is 0.483 e. The fraction of sp³-hybridized carbons (Fsp3) is 0.435. The Balaban J connectivity index is 1.45. The molecule has 1 fully saturated rings. The lowest BCUT2D eigenvalue weighted by molar-refractivity contribution is -0.118. The number of carbonyl (C=O) groups excluding carboxylic acids is 1. The lowest BCUT2D eigenvalue weighted by Gasteiger charge is -2.34. The van der Waals surface area contributed by atoms with Gasteiger partial charge < -0.3 is 15.0 Å². The molecule has 0 spiro atoms. The Kier molecular flexibility index (Phi) is 7.06. The van der Waals surface area contributed by atoms with Gasteiger partial charge in [-0.1, -0.05) is 36.8 Å². The summed E-state index contributed by atoms with van der Waals surface area (Å²) in [5, 5.41) is 2.90. The third kappa shape index (κ3) is 5.81. The maximum atomic E-state index is 12.2. The first-order valence-corrected chi connectivity index (χ1v) is 10.1. The fourth-order valence-electron chi connectivity index (χ4n) is 3.52. The van der Waals surface area contributed by atoms with Gasteiger partial charge in [0.1, 0.15) is 5.75 Å². The number of amides is 1. The summed E-state index contributed by atoms with van der Waals surface area (Å²) in [6, 6.07) is 14.1. The van der Waals surface area contributed by atoms with E-state index in [1.807, 2.05) is 44.2 Å². The van der Waals surface area contributed by atoms with E-state index in [4.69, 9.17) is 4.74 Å². The van der Waals surface area contributed by atoms with Gasteiger partial charge in [0.05, 0.1) is 0 Å². The minimum atomic E-state index is -0.150. The fourth-order valence-corrected chi connectivity index (χ4v) is 3.52. The Morgan fingerprint density at radius 3 is 2.32 bits per heavy atom. The van der Waals surface area contributed by atoms with E-state index in [1.165, 1.54) is 11.1 Å². The smallest absolute Gasteiger partial charge is 0.262 e. The van der Waals surface area contributed by atoms with Crippen LogP contribution in [0.5, 0.6) is 5.75 Å². The first-order chi connectivity index (χ1) is 13.5. The summed E-state index contributed by atoms with van der Waals surface area (Å²) >= 11 is 0. The second-order valence-corrected chi connectivity index (χ2v) is 7.51. The summed E-state index contributed by atoms with van der Waals surface area (Å²) in [7, 11) is 0. The van der Waals surface area contributed by atoms with Crippen LogP contribution >= 0.6 is 0 Å². The summed E-state index contributed by atoms with van der Waals surface area (Å²) in [5.41, 5.74) is 4.29. The Morgan fingerprint density at radius 2 is 1.68 bits per heavy atom. The molecule has 150 valence electrons. The summed E-state index contributed by atoms with van der Waals surface area (Å²) in [5.74, 6) is 0.600. The molecule has 1 aliphatic heterocycles.